The number of hydrogen-bond acceptors (Lipinski definition) is 6. The van der Waals surface area contributed by atoms with Crippen LogP contribution >= 0.6 is 0 Å². The Morgan fingerprint density at radius 3 is 0.741 bits per heavy atom. The second kappa shape index (κ2) is 70.1. The summed E-state index contributed by atoms with van der Waals surface area (Å²) < 4.78 is 17.0. The molecule has 0 radical (unpaired) electrons. The summed E-state index contributed by atoms with van der Waals surface area (Å²) in [5.74, 6) is -0.851. The number of allylic oxidation sites excluding steroid dienone is 6. The van der Waals surface area contributed by atoms with E-state index in [1.165, 1.54) is 289 Å². The Morgan fingerprint density at radius 1 is 0.247 bits per heavy atom. The Kier molecular flexibility index (Phi) is 68.1. The van der Waals surface area contributed by atoms with Crippen molar-refractivity contribution >= 4 is 17.9 Å². The summed E-state index contributed by atoms with van der Waals surface area (Å²) in [6.07, 6.45) is 87.7. The van der Waals surface area contributed by atoms with Crippen molar-refractivity contribution in [2.45, 2.75) is 412 Å². The summed E-state index contributed by atoms with van der Waals surface area (Å²) in [5.41, 5.74) is 0. The van der Waals surface area contributed by atoms with Gasteiger partial charge in [-0.05, 0) is 70.6 Å². The predicted octanol–water partition coefficient (Wildman–Crippen LogP) is 25.1. The van der Waals surface area contributed by atoms with Crippen LogP contribution in [0, 0.1) is 0 Å². The molecule has 0 fully saturated rings. The van der Waals surface area contributed by atoms with Crippen molar-refractivity contribution in [3.63, 3.8) is 0 Å². The third-order valence-corrected chi connectivity index (χ3v) is 16.6. The number of rotatable bonds is 68. The molecule has 0 saturated heterocycles. The van der Waals surface area contributed by atoms with Crippen LogP contribution in [0.25, 0.3) is 0 Å². The zero-order valence-electron chi connectivity index (χ0n) is 54.8. The van der Waals surface area contributed by atoms with Crippen molar-refractivity contribution in [1.82, 2.24) is 0 Å². The van der Waals surface area contributed by atoms with Crippen molar-refractivity contribution < 1.29 is 28.6 Å². The van der Waals surface area contributed by atoms with Crippen LogP contribution in [0.15, 0.2) is 36.5 Å². The lowest BCUT2D eigenvalue weighted by molar-refractivity contribution is -0.167. The molecule has 0 aromatic carbocycles. The fourth-order valence-electron chi connectivity index (χ4n) is 11.1. The number of esters is 3. The van der Waals surface area contributed by atoms with Gasteiger partial charge in [-0.25, -0.2) is 0 Å². The van der Waals surface area contributed by atoms with E-state index in [4.69, 9.17) is 14.2 Å². The number of hydrogen-bond donors (Lipinski definition) is 0. The molecule has 6 heteroatoms. The Hall–Kier alpha value is -2.37. The normalized spacial score (nSPS) is 12.2. The molecule has 0 aliphatic carbocycles. The maximum atomic E-state index is 12.9. The van der Waals surface area contributed by atoms with Crippen LogP contribution in [-0.4, -0.2) is 37.2 Å². The van der Waals surface area contributed by atoms with Gasteiger partial charge in [0.2, 0.25) is 0 Å². The number of unbranched alkanes of at least 4 members (excludes halogenated alkanes) is 51. The Balaban J connectivity index is 4.10. The topological polar surface area (TPSA) is 78.9 Å². The molecule has 476 valence electrons. The Labute approximate surface area is 506 Å². The highest BCUT2D eigenvalue weighted by Crippen LogP contribution is 2.19. The fraction of sp³-hybridized carbons (Fsp3) is 0.880. The lowest BCUT2D eigenvalue weighted by Crippen LogP contribution is -2.30. The molecule has 81 heavy (non-hydrogen) atoms. The van der Waals surface area contributed by atoms with Crippen LogP contribution in [-0.2, 0) is 28.6 Å². The van der Waals surface area contributed by atoms with Crippen molar-refractivity contribution in [2.75, 3.05) is 13.2 Å². The maximum absolute atomic E-state index is 12.9. The SMILES string of the molecule is CCC/C=C\CCCCCCCC(=O)OCC(COC(=O)CCCCCCCCCCCCCCCCCCC/C=C\C/C=C\CCCCCCC)OC(=O)CCCCCCCCCCCCCCCCCCCCCCCCCC. The van der Waals surface area contributed by atoms with E-state index in [0.717, 1.165) is 77.0 Å². The largest absolute Gasteiger partial charge is 0.462 e. The van der Waals surface area contributed by atoms with Crippen LogP contribution in [0.3, 0.4) is 0 Å². The van der Waals surface area contributed by atoms with Crippen molar-refractivity contribution in [3.8, 4) is 0 Å². The molecular formula is C75H140O6. The molecule has 0 saturated carbocycles. The van der Waals surface area contributed by atoms with E-state index < -0.39 is 6.10 Å². The van der Waals surface area contributed by atoms with E-state index in [0.29, 0.717) is 19.3 Å². The molecule has 0 aromatic rings. The van der Waals surface area contributed by atoms with E-state index in [1.807, 2.05) is 0 Å². The van der Waals surface area contributed by atoms with Gasteiger partial charge in [-0.1, -0.05) is 353 Å². The van der Waals surface area contributed by atoms with Gasteiger partial charge < -0.3 is 14.2 Å². The van der Waals surface area contributed by atoms with Crippen LogP contribution in [0.1, 0.15) is 406 Å². The molecule has 0 aliphatic rings. The molecule has 0 spiro atoms. The fourth-order valence-corrected chi connectivity index (χ4v) is 11.1. The van der Waals surface area contributed by atoms with E-state index in [1.54, 1.807) is 0 Å². The highest BCUT2D eigenvalue weighted by Gasteiger charge is 2.19. The summed E-state index contributed by atoms with van der Waals surface area (Å²) in [4.78, 5) is 38.3. The predicted molar refractivity (Wildman–Crippen MR) is 353 cm³/mol. The molecule has 1 unspecified atom stereocenters. The van der Waals surface area contributed by atoms with Gasteiger partial charge in [-0.3, -0.25) is 14.4 Å². The van der Waals surface area contributed by atoms with E-state index in [-0.39, 0.29) is 31.1 Å². The highest BCUT2D eigenvalue weighted by molar-refractivity contribution is 5.71. The lowest BCUT2D eigenvalue weighted by Gasteiger charge is -2.18. The molecule has 1 atom stereocenters. The second-order valence-electron chi connectivity index (χ2n) is 24.9. The quantitative estimate of drug-likeness (QED) is 0.0261. The molecular weight excluding hydrogens is 997 g/mol. The standard InChI is InChI=1S/C75H140O6/c1-4-7-10-13-16-19-22-24-26-28-30-32-34-36-37-38-39-40-42-43-45-47-49-51-53-56-59-62-65-68-74(77)80-71-72(70-79-73(76)67-64-61-58-55-21-18-15-12-9-6-3)81-75(78)69-66-63-60-57-54-52-50-48-46-44-41-35-33-31-29-27-25-23-20-17-14-11-8-5-2/h12,15,22,24,28,30,72H,4-11,13-14,16-21,23,25-27,29,31-71H2,1-3H3/b15-12-,24-22-,30-28-. The second-order valence-corrected chi connectivity index (χ2v) is 24.9. The van der Waals surface area contributed by atoms with E-state index in [2.05, 4.69) is 57.2 Å². The first-order valence-corrected chi connectivity index (χ1v) is 36.5. The third-order valence-electron chi connectivity index (χ3n) is 16.6. The first-order chi connectivity index (χ1) is 40.0. The molecule has 0 aliphatic heterocycles. The summed E-state index contributed by atoms with van der Waals surface area (Å²) >= 11 is 0. The molecule has 0 amide bonds. The van der Waals surface area contributed by atoms with Crippen molar-refractivity contribution in [3.05, 3.63) is 36.5 Å². The van der Waals surface area contributed by atoms with Gasteiger partial charge >= 0.3 is 17.9 Å². The Morgan fingerprint density at radius 2 is 0.469 bits per heavy atom. The molecule has 0 bridgehead atoms. The minimum absolute atomic E-state index is 0.0692. The van der Waals surface area contributed by atoms with Gasteiger partial charge in [0.1, 0.15) is 13.2 Å². The van der Waals surface area contributed by atoms with Crippen LogP contribution in [0.4, 0.5) is 0 Å². The average molecular weight is 1140 g/mol. The van der Waals surface area contributed by atoms with Gasteiger partial charge in [0.15, 0.2) is 6.10 Å². The molecule has 0 heterocycles. The zero-order chi connectivity index (χ0) is 58.5. The average Bonchev–Trinajstić information content (AvgIpc) is 3.47. The van der Waals surface area contributed by atoms with Crippen LogP contribution in [0.5, 0.6) is 0 Å². The van der Waals surface area contributed by atoms with Gasteiger partial charge in [0, 0.05) is 19.3 Å². The number of carbonyl (C=O) groups is 3. The lowest BCUT2D eigenvalue weighted by atomic mass is 10.0. The zero-order valence-corrected chi connectivity index (χ0v) is 54.8. The first kappa shape index (κ1) is 78.6. The van der Waals surface area contributed by atoms with Gasteiger partial charge in [0.25, 0.3) is 0 Å². The monoisotopic (exact) mass is 1140 g/mol. The Bertz CT molecular complexity index is 1350. The van der Waals surface area contributed by atoms with Crippen LogP contribution in [0.2, 0.25) is 0 Å². The third kappa shape index (κ3) is 68.3. The summed E-state index contributed by atoms with van der Waals surface area (Å²) in [5, 5.41) is 0. The summed E-state index contributed by atoms with van der Waals surface area (Å²) in [6.45, 7) is 6.64. The first-order valence-electron chi connectivity index (χ1n) is 36.5. The molecule has 0 rings (SSSR count). The minimum Gasteiger partial charge on any atom is -0.462 e. The van der Waals surface area contributed by atoms with Gasteiger partial charge in [0.05, 0.1) is 0 Å². The summed E-state index contributed by atoms with van der Waals surface area (Å²) in [7, 11) is 0. The minimum atomic E-state index is -0.772. The number of ether oxygens (including phenoxy) is 3. The summed E-state index contributed by atoms with van der Waals surface area (Å²) in [6, 6.07) is 0. The van der Waals surface area contributed by atoms with Crippen molar-refractivity contribution in [2.24, 2.45) is 0 Å². The van der Waals surface area contributed by atoms with Crippen LogP contribution < -0.4 is 0 Å². The van der Waals surface area contributed by atoms with Crippen molar-refractivity contribution in [1.29, 1.82) is 0 Å². The highest BCUT2D eigenvalue weighted by atomic mass is 16.6. The smallest absolute Gasteiger partial charge is 0.306 e. The maximum Gasteiger partial charge on any atom is 0.306 e. The van der Waals surface area contributed by atoms with Gasteiger partial charge in [-0.2, -0.15) is 0 Å². The van der Waals surface area contributed by atoms with Gasteiger partial charge in [-0.15, -0.1) is 0 Å². The van der Waals surface area contributed by atoms with E-state index in [9.17, 15) is 14.4 Å². The molecule has 6 nitrogen and oxygen atoms in total. The van der Waals surface area contributed by atoms with E-state index >= 15 is 0 Å². The molecule has 0 aromatic heterocycles. The number of carbonyl (C=O) groups excluding carboxylic acids is 3. The molecule has 0 N–H and O–H groups in total.